The lowest BCUT2D eigenvalue weighted by Gasteiger charge is -2.09. The van der Waals surface area contributed by atoms with Gasteiger partial charge in [0, 0.05) is 23.2 Å². The lowest BCUT2D eigenvalue weighted by Crippen LogP contribution is -2.03. The molecule has 0 atom stereocenters. The van der Waals surface area contributed by atoms with Crippen LogP contribution in [0, 0.1) is 0 Å². The second-order valence-corrected chi connectivity index (χ2v) is 6.20. The summed E-state index contributed by atoms with van der Waals surface area (Å²) in [4.78, 5) is 0. The number of hydrogen-bond donors (Lipinski definition) is 2. The SMILES string of the molecule is CCCCn1nc(-c2ccc(O)cc2)c(CC)c1-c1ccc(O)cc1. The van der Waals surface area contributed by atoms with Gasteiger partial charge in [0.2, 0.25) is 0 Å². The van der Waals surface area contributed by atoms with Crippen molar-refractivity contribution in [2.24, 2.45) is 0 Å². The van der Waals surface area contributed by atoms with Crippen molar-refractivity contribution in [1.82, 2.24) is 9.78 Å². The average Bonchev–Trinajstić information content (AvgIpc) is 2.99. The number of aromatic hydroxyl groups is 2. The Bertz CT molecular complexity index is 834. The summed E-state index contributed by atoms with van der Waals surface area (Å²) in [6, 6.07) is 14.5. The zero-order valence-electron chi connectivity index (χ0n) is 14.7. The number of aromatic nitrogens is 2. The molecule has 3 aromatic rings. The molecule has 4 nitrogen and oxygen atoms in total. The smallest absolute Gasteiger partial charge is 0.115 e. The molecule has 1 heterocycles. The van der Waals surface area contributed by atoms with Crippen molar-refractivity contribution in [3.63, 3.8) is 0 Å². The van der Waals surface area contributed by atoms with Crippen LogP contribution >= 0.6 is 0 Å². The largest absolute Gasteiger partial charge is 0.508 e. The Morgan fingerprint density at radius 1 is 0.840 bits per heavy atom. The van der Waals surface area contributed by atoms with Crippen LogP contribution in [0.25, 0.3) is 22.5 Å². The molecule has 2 N–H and O–H groups in total. The fourth-order valence-electron chi connectivity index (χ4n) is 3.10. The lowest BCUT2D eigenvalue weighted by atomic mass is 9.99. The molecule has 0 saturated carbocycles. The van der Waals surface area contributed by atoms with Gasteiger partial charge in [-0.15, -0.1) is 0 Å². The van der Waals surface area contributed by atoms with Gasteiger partial charge in [-0.05, 0) is 61.4 Å². The van der Waals surface area contributed by atoms with Crippen molar-refractivity contribution in [2.75, 3.05) is 0 Å². The van der Waals surface area contributed by atoms with Gasteiger partial charge in [-0.25, -0.2) is 0 Å². The van der Waals surface area contributed by atoms with E-state index in [4.69, 9.17) is 5.10 Å². The minimum Gasteiger partial charge on any atom is -0.508 e. The first-order valence-corrected chi connectivity index (χ1v) is 8.82. The summed E-state index contributed by atoms with van der Waals surface area (Å²) in [5, 5.41) is 24.1. The summed E-state index contributed by atoms with van der Waals surface area (Å²) < 4.78 is 2.08. The Labute approximate surface area is 148 Å². The number of unbranched alkanes of at least 4 members (excludes halogenated alkanes) is 1. The van der Waals surface area contributed by atoms with E-state index in [0.29, 0.717) is 0 Å². The van der Waals surface area contributed by atoms with Crippen molar-refractivity contribution in [3.8, 4) is 34.0 Å². The molecular formula is C21H24N2O2. The first-order valence-electron chi connectivity index (χ1n) is 8.82. The van der Waals surface area contributed by atoms with Gasteiger partial charge < -0.3 is 10.2 Å². The monoisotopic (exact) mass is 336 g/mol. The summed E-state index contributed by atoms with van der Waals surface area (Å²) in [7, 11) is 0. The van der Waals surface area contributed by atoms with Crippen LogP contribution in [0.15, 0.2) is 48.5 Å². The van der Waals surface area contributed by atoms with Crippen molar-refractivity contribution >= 4 is 0 Å². The molecule has 0 saturated heterocycles. The molecule has 0 aliphatic heterocycles. The van der Waals surface area contributed by atoms with Crippen molar-refractivity contribution in [1.29, 1.82) is 0 Å². The Kier molecular flexibility index (Phi) is 5.08. The number of benzene rings is 2. The molecule has 25 heavy (non-hydrogen) atoms. The highest BCUT2D eigenvalue weighted by atomic mass is 16.3. The van der Waals surface area contributed by atoms with Gasteiger partial charge in [-0.2, -0.15) is 5.10 Å². The quantitative estimate of drug-likeness (QED) is 0.666. The van der Waals surface area contributed by atoms with Crippen molar-refractivity contribution in [3.05, 3.63) is 54.1 Å². The number of rotatable bonds is 6. The molecule has 2 aromatic carbocycles. The predicted molar refractivity (Wildman–Crippen MR) is 101 cm³/mol. The molecule has 0 aliphatic carbocycles. The summed E-state index contributed by atoms with van der Waals surface area (Å²) in [6.07, 6.45) is 3.02. The van der Waals surface area contributed by atoms with Gasteiger partial charge in [0.05, 0.1) is 11.4 Å². The van der Waals surface area contributed by atoms with Gasteiger partial charge in [0.1, 0.15) is 11.5 Å². The third kappa shape index (κ3) is 3.53. The maximum absolute atomic E-state index is 9.60. The molecule has 0 bridgehead atoms. The number of phenolic OH excluding ortho intramolecular Hbond substituents is 2. The van der Waals surface area contributed by atoms with E-state index in [1.54, 1.807) is 24.3 Å². The van der Waals surface area contributed by atoms with Crippen LogP contribution in [0.5, 0.6) is 11.5 Å². The standard InChI is InChI=1S/C21H24N2O2/c1-3-5-14-23-21(16-8-12-18(25)13-9-16)19(4-2)20(22-23)15-6-10-17(24)11-7-15/h6-13,24-25H,3-5,14H2,1-2H3. The van der Waals surface area contributed by atoms with Gasteiger partial charge >= 0.3 is 0 Å². The Morgan fingerprint density at radius 2 is 1.40 bits per heavy atom. The number of phenols is 2. The molecule has 3 rings (SSSR count). The second-order valence-electron chi connectivity index (χ2n) is 6.20. The fraction of sp³-hybridized carbons (Fsp3) is 0.286. The van der Waals surface area contributed by atoms with E-state index < -0.39 is 0 Å². The Hall–Kier alpha value is -2.75. The summed E-state index contributed by atoms with van der Waals surface area (Å²) >= 11 is 0. The minimum absolute atomic E-state index is 0.256. The van der Waals surface area contributed by atoms with Crippen molar-refractivity contribution < 1.29 is 10.2 Å². The van der Waals surface area contributed by atoms with Gasteiger partial charge in [-0.3, -0.25) is 4.68 Å². The lowest BCUT2D eigenvalue weighted by molar-refractivity contribution is 0.475. The molecular weight excluding hydrogens is 312 g/mol. The molecule has 0 aliphatic rings. The zero-order chi connectivity index (χ0) is 17.8. The van der Waals surface area contributed by atoms with Crippen LogP contribution in [-0.2, 0) is 13.0 Å². The number of nitrogens with zero attached hydrogens (tertiary/aromatic N) is 2. The molecule has 1 aromatic heterocycles. The molecule has 0 amide bonds. The van der Waals surface area contributed by atoms with E-state index in [2.05, 4.69) is 18.5 Å². The first-order chi connectivity index (χ1) is 12.1. The maximum atomic E-state index is 9.60. The highest BCUT2D eigenvalue weighted by Crippen LogP contribution is 2.34. The van der Waals surface area contributed by atoms with Crippen LogP contribution in [-0.4, -0.2) is 20.0 Å². The van der Waals surface area contributed by atoms with Gasteiger partial charge in [0.25, 0.3) is 0 Å². The topological polar surface area (TPSA) is 58.3 Å². The van der Waals surface area contributed by atoms with Crippen molar-refractivity contribution in [2.45, 2.75) is 39.7 Å². The van der Waals surface area contributed by atoms with Crippen LogP contribution in [0.4, 0.5) is 0 Å². The average molecular weight is 336 g/mol. The van der Waals surface area contributed by atoms with E-state index in [-0.39, 0.29) is 11.5 Å². The highest BCUT2D eigenvalue weighted by molar-refractivity contribution is 5.75. The predicted octanol–water partition coefficient (Wildman–Crippen LogP) is 4.99. The fourth-order valence-corrected chi connectivity index (χ4v) is 3.10. The number of aryl methyl sites for hydroxylation is 1. The van der Waals surface area contributed by atoms with Gasteiger partial charge in [0.15, 0.2) is 0 Å². The molecule has 0 radical (unpaired) electrons. The Morgan fingerprint density at radius 3 is 1.92 bits per heavy atom. The molecule has 0 fully saturated rings. The number of hydrogen-bond acceptors (Lipinski definition) is 3. The van der Waals surface area contributed by atoms with E-state index >= 15 is 0 Å². The second kappa shape index (κ2) is 7.43. The Balaban J connectivity index is 2.16. The first kappa shape index (κ1) is 17.1. The van der Waals surface area contributed by atoms with E-state index in [9.17, 15) is 10.2 Å². The van der Waals surface area contributed by atoms with E-state index in [1.807, 2.05) is 24.3 Å². The summed E-state index contributed by atoms with van der Waals surface area (Å²) in [6.45, 7) is 5.16. The molecule has 130 valence electrons. The van der Waals surface area contributed by atoms with Crippen LogP contribution in [0.1, 0.15) is 32.3 Å². The summed E-state index contributed by atoms with van der Waals surface area (Å²) in [5.41, 5.74) is 5.32. The van der Waals surface area contributed by atoms with E-state index in [0.717, 1.165) is 48.3 Å². The third-order valence-corrected chi connectivity index (χ3v) is 4.41. The maximum Gasteiger partial charge on any atom is 0.115 e. The minimum atomic E-state index is 0.256. The summed E-state index contributed by atoms with van der Waals surface area (Å²) in [5.74, 6) is 0.520. The zero-order valence-corrected chi connectivity index (χ0v) is 14.7. The highest BCUT2D eigenvalue weighted by Gasteiger charge is 2.19. The molecule has 4 heteroatoms. The van der Waals surface area contributed by atoms with Crippen LogP contribution in [0.3, 0.4) is 0 Å². The molecule has 0 spiro atoms. The van der Waals surface area contributed by atoms with Crippen LogP contribution in [0.2, 0.25) is 0 Å². The van der Waals surface area contributed by atoms with Crippen LogP contribution < -0.4 is 0 Å². The molecule has 0 unspecified atom stereocenters. The third-order valence-electron chi connectivity index (χ3n) is 4.41. The van der Waals surface area contributed by atoms with E-state index in [1.165, 1.54) is 5.56 Å². The van der Waals surface area contributed by atoms with Gasteiger partial charge in [-0.1, -0.05) is 20.3 Å². The normalized spacial score (nSPS) is 11.0.